The smallest absolute Gasteiger partial charge is 0.256 e. The summed E-state index contributed by atoms with van der Waals surface area (Å²) < 4.78 is 0. The van der Waals surface area contributed by atoms with Gasteiger partial charge in [0.25, 0.3) is 5.91 Å². The van der Waals surface area contributed by atoms with Gasteiger partial charge >= 0.3 is 0 Å². The van der Waals surface area contributed by atoms with Crippen LogP contribution in [0.5, 0.6) is 0 Å². The summed E-state index contributed by atoms with van der Waals surface area (Å²) in [6.07, 6.45) is 0.122. The van der Waals surface area contributed by atoms with Gasteiger partial charge in [-0.05, 0) is 37.6 Å². The number of nitrogens with zero attached hydrogens (tertiary/aromatic N) is 1. The number of carbonyl (C=O) groups is 2. The van der Waals surface area contributed by atoms with Crippen molar-refractivity contribution in [3.8, 4) is 0 Å². The number of aryl methyl sites for hydroxylation is 2. The fourth-order valence-electron chi connectivity index (χ4n) is 2.79. The van der Waals surface area contributed by atoms with Crippen molar-refractivity contribution in [2.24, 2.45) is 0 Å². The Morgan fingerprint density at radius 3 is 2.57 bits per heavy atom. The van der Waals surface area contributed by atoms with E-state index in [-0.39, 0.29) is 18.2 Å². The van der Waals surface area contributed by atoms with Crippen LogP contribution in [0.4, 0.5) is 11.4 Å². The Balaban J connectivity index is 1.85. The fourth-order valence-corrected chi connectivity index (χ4v) is 3.01. The Kier molecular flexibility index (Phi) is 4.09. The van der Waals surface area contributed by atoms with Gasteiger partial charge in [-0.15, -0.1) is 0 Å². The molecule has 23 heavy (non-hydrogen) atoms. The van der Waals surface area contributed by atoms with E-state index < -0.39 is 6.04 Å². The highest BCUT2D eigenvalue weighted by Crippen LogP contribution is 2.31. The molecule has 1 saturated heterocycles. The van der Waals surface area contributed by atoms with Crippen molar-refractivity contribution in [2.45, 2.75) is 26.3 Å². The van der Waals surface area contributed by atoms with Crippen LogP contribution in [0.3, 0.4) is 0 Å². The first-order valence-electron chi connectivity index (χ1n) is 7.42. The molecule has 0 aliphatic carbocycles. The molecule has 1 fully saturated rings. The Hall–Kier alpha value is -2.33. The number of imide groups is 1. The number of rotatable bonds is 3. The summed E-state index contributed by atoms with van der Waals surface area (Å²) in [6, 6.07) is 12.2. The largest absolute Gasteiger partial charge is 0.373 e. The molecule has 5 heteroatoms. The molecule has 1 heterocycles. The van der Waals surface area contributed by atoms with Crippen LogP contribution in [0.2, 0.25) is 5.02 Å². The lowest BCUT2D eigenvalue weighted by Crippen LogP contribution is -2.35. The first kappa shape index (κ1) is 15.6. The zero-order valence-electron chi connectivity index (χ0n) is 13.0. The van der Waals surface area contributed by atoms with Crippen molar-refractivity contribution >= 4 is 34.8 Å². The van der Waals surface area contributed by atoms with Crippen LogP contribution in [0.15, 0.2) is 42.5 Å². The lowest BCUT2D eigenvalue weighted by Gasteiger charge is -2.18. The lowest BCUT2D eigenvalue weighted by molar-refractivity contribution is -0.121. The van der Waals surface area contributed by atoms with Gasteiger partial charge in [0.15, 0.2) is 0 Å². The predicted molar refractivity (Wildman–Crippen MR) is 91.9 cm³/mol. The third-order valence-electron chi connectivity index (χ3n) is 3.95. The van der Waals surface area contributed by atoms with Gasteiger partial charge < -0.3 is 5.32 Å². The van der Waals surface area contributed by atoms with Crippen LogP contribution in [0.1, 0.15) is 17.5 Å². The highest BCUT2D eigenvalue weighted by Gasteiger charge is 2.40. The van der Waals surface area contributed by atoms with Crippen molar-refractivity contribution in [2.75, 3.05) is 10.2 Å². The van der Waals surface area contributed by atoms with Gasteiger partial charge in [-0.2, -0.15) is 0 Å². The number of carbonyl (C=O) groups excluding carboxylic acids is 2. The third kappa shape index (κ3) is 2.94. The SMILES string of the molecule is Cc1ccc(N[C@@H]2CC(=O)N(c3ccccc3Cl)C2=O)c(C)c1. The zero-order chi connectivity index (χ0) is 16.6. The second-order valence-electron chi connectivity index (χ2n) is 5.74. The normalized spacial score (nSPS) is 17.7. The van der Waals surface area contributed by atoms with Crippen LogP contribution in [-0.4, -0.2) is 17.9 Å². The number of hydrogen-bond acceptors (Lipinski definition) is 3. The Morgan fingerprint density at radius 2 is 1.87 bits per heavy atom. The minimum atomic E-state index is -0.569. The molecule has 1 aliphatic rings. The molecule has 0 radical (unpaired) electrons. The van der Waals surface area contributed by atoms with E-state index in [0.29, 0.717) is 10.7 Å². The molecule has 2 amide bonds. The maximum Gasteiger partial charge on any atom is 0.256 e. The minimum absolute atomic E-state index is 0.122. The summed E-state index contributed by atoms with van der Waals surface area (Å²) in [5.41, 5.74) is 3.50. The van der Waals surface area contributed by atoms with Crippen molar-refractivity contribution < 1.29 is 9.59 Å². The first-order valence-corrected chi connectivity index (χ1v) is 7.80. The highest BCUT2D eigenvalue weighted by atomic mass is 35.5. The molecule has 0 aromatic heterocycles. The zero-order valence-corrected chi connectivity index (χ0v) is 13.7. The van der Waals surface area contributed by atoms with Crippen molar-refractivity contribution in [3.05, 3.63) is 58.6 Å². The summed E-state index contributed by atoms with van der Waals surface area (Å²) in [7, 11) is 0. The number of halogens is 1. The molecule has 0 spiro atoms. The second kappa shape index (κ2) is 6.05. The second-order valence-corrected chi connectivity index (χ2v) is 6.15. The summed E-state index contributed by atoms with van der Waals surface area (Å²) in [5.74, 6) is -0.520. The molecule has 0 saturated carbocycles. The predicted octanol–water partition coefficient (Wildman–Crippen LogP) is 3.70. The van der Waals surface area contributed by atoms with Crippen LogP contribution in [-0.2, 0) is 9.59 Å². The monoisotopic (exact) mass is 328 g/mol. The van der Waals surface area contributed by atoms with Crippen LogP contribution in [0.25, 0.3) is 0 Å². The summed E-state index contributed by atoms with van der Waals surface area (Å²) in [5, 5.41) is 3.57. The number of amides is 2. The van der Waals surface area contributed by atoms with Gasteiger partial charge in [0.1, 0.15) is 6.04 Å². The Labute approximate surface area is 140 Å². The third-order valence-corrected chi connectivity index (χ3v) is 4.27. The number of nitrogens with one attached hydrogen (secondary N) is 1. The highest BCUT2D eigenvalue weighted by molar-refractivity contribution is 6.36. The topological polar surface area (TPSA) is 49.4 Å². The molecular formula is C18H17ClN2O2. The number of para-hydroxylation sites is 1. The molecule has 2 aromatic carbocycles. The maximum absolute atomic E-state index is 12.6. The van der Waals surface area contributed by atoms with E-state index in [1.807, 2.05) is 32.0 Å². The number of hydrogen-bond donors (Lipinski definition) is 1. The molecule has 3 rings (SSSR count). The van der Waals surface area contributed by atoms with Crippen molar-refractivity contribution in [1.29, 1.82) is 0 Å². The standard InChI is InChI=1S/C18H17ClN2O2/c1-11-7-8-14(12(2)9-11)20-15-10-17(22)21(18(15)23)16-6-4-3-5-13(16)19/h3-9,15,20H,10H2,1-2H3/t15-/m1/s1. The fraction of sp³-hybridized carbons (Fsp3) is 0.222. The summed E-state index contributed by atoms with van der Waals surface area (Å²) >= 11 is 6.12. The minimum Gasteiger partial charge on any atom is -0.373 e. The molecule has 0 bridgehead atoms. The van der Waals surface area contributed by atoms with Crippen LogP contribution < -0.4 is 10.2 Å². The molecule has 1 N–H and O–H groups in total. The molecule has 0 unspecified atom stereocenters. The molecular weight excluding hydrogens is 312 g/mol. The summed E-state index contributed by atoms with van der Waals surface area (Å²) in [6.45, 7) is 3.99. The van der Waals surface area contributed by atoms with E-state index in [4.69, 9.17) is 11.6 Å². The molecule has 1 aliphatic heterocycles. The van der Waals surface area contributed by atoms with E-state index in [1.54, 1.807) is 24.3 Å². The van der Waals surface area contributed by atoms with Gasteiger partial charge in [-0.1, -0.05) is 41.4 Å². The molecule has 118 valence electrons. The Bertz CT molecular complexity index is 788. The summed E-state index contributed by atoms with van der Waals surface area (Å²) in [4.78, 5) is 26.1. The van der Waals surface area contributed by atoms with E-state index in [0.717, 1.165) is 16.8 Å². The first-order chi connectivity index (χ1) is 11.0. The lowest BCUT2D eigenvalue weighted by atomic mass is 10.1. The van der Waals surface area contributed by atoms with Gasteiger partial charge in [-0.25, -0.2) is 4.90 Å². The maximum atomic E-state index is 12.6. The van der Waals surface area contributed by atoms with Gasteiger partial charge in [0.05, 0.1) is 17.1 Å². The average Bonchev–Trinajstić information content (AvgIpc) is 2.77. The van der Waals surface area contributed by atoms with E-state index in [9.17, 15) is 9.59 Å². The van der Waals surface area contributed by atoms with Crippen molar-refractivity contribution in [1.82, 2.24) is 0 Å². The average molecular weight is 329 g/mol. The van der Waals surface area contributed by atoms with Crippen molar-refractivity contribution in [3.63, 3.8) is 0 Å². The van der Waals surface area contributed by atoms with E-state index in [1.165, 1.54) is 4.90 Å². The van der Waals surface area contributed by atoms with Gasteiger partial charge in [-0.3, -0.25) is 9.59 Å². The Morgan fingerprint density at radius 1 is 1.13 bits per heavy atom. The number of benzene rings is 2. The van der Waals surface area contributed by atoms with E-state index >= 15 is 0 Å². The number of anilines is 2. The van der Waals surface area contributed by atoms with Crippen LogP contribution >= 0.6 is 11.6 Å². The quantitative estimate of drug-likeness (QED) is 0.874. The van der Waals surface area contributed by atoms with Crippen LogP contribution in [0, 0.1) is 13.8 Å². The molecule has 4 nitrogen and oxygen atoms in total. The van der Waals surface area contributed by atoms with E-state index in [2.05, 4.69) is 5.32 Å². The molecule has 2 aromatic rings. The molecule has 1 atom stereocenters. The van der Waals surface area contributed by atoms with Gasteiger partial charge in [0, 0.05) is 5.69 Å². The van der Waals surface area contributed by atoms with Gasteiger partial charge in [0.2, 0.25) is 5.91 Å².